The maximum atomic E-state index is 4.96. The lowest BCUT2D eigenvalue weighted by atomic mass is 10.2. The van der Waals surface area contributed by atoms with Crippen molar-refractivity contribution in [3.05, 3.63) is 107 Å². The van der Waals surface area contributed by atoms with Gasteiger partial charge in [0.2, 0.25) is 5.95 Å². The number of nitrogens with one attached hydrogen (secondary N) is 1. The van der Waals surface area contributed by atoms with Gasteiger partial charge in [-0.3, -0.25) is 0 Å². The zero-order chi connectivity index (χ0) is 21.8. The zero-order valence-corrected chi connectivity index (χ0v) is 18.3. The molecule has 0 spiro atoms. The number of para-hydroxylation sites is 2. The normalized spacial score (nSPS) is 12.8. The van der Waals surface area contributed by atoms with Gasteiger partial charge >= 0.3 is 0 Å². The second-order valence-electron chi connectivity index (χ2n) is 7.19. The monoisotopic (exact) mass is 437 g/mol. The van der Waals surface area contributed by atoms with Gasteiger partial charge in [-0.15, -0.1) is 0 Å². The highest BCUT2D eigenvalue weighted by atomic mass is 32.2. The summed E-state index contributed by atoms with van der Waals surface area (Å²) in [7, 11) is 0. The summed E-state index contributed by atoms with van der Waals surface area (Å²) in [6, 6.07) is 22.0. The predicted molar refractivity (Wildman–Crippen MR) is 130 cm³/mol. The van der Waals surface area contributed by atoms with E-state index in [1.807, 2.05) is 71.6 Å². The van der Waals surface area contributed by atoms with E-state index < -0.39 is 0 Å². The molecule has 32 heavy (non-hydrogen) atoms. The van der Waals surface area contributed by atoms with Crippen molar-refractivity contribution >= 4 is 23.4 Å². The van der Waals surface area contributed by atoms with Gasteiger partial charge in [-0.1, -0.05) is 66.9 Å². The highest BCUT2D eigenvalue weighted by Crippen LogP contribution is 2.38. The number of hydrogen-bond acceptors (Lipinski definition) is 5. The molecule has 6 nitrogen and oxygen atoms in total. The minimum atomic E-state index is 0.548. The second-order valence-corrected chi connectivity index (χ2v) is 8.30. The molecular formula is C25H21N6S-. The van der Waals surface area contributed by atoms with Gasteiger partial charge in [-0.2, -0.15) is 11.3 Å². The first-order valence-corrected chi connectivity index (χ1v) is 11.1. The summed E-state index contributed by atoms with van der Waals surface area (Å²) < 4.78 is 1.97. The average Bonchev–Trinajstić information content (AvgIpc) is 3.16. The quantitative estimate of drug-likeness (QED) is 0.386. The van der Waals surface area contributed by atoms with E-state index in [0.29, 0.717) is 12.5 Å². The molecule has 2 aromatic heterocycles. The number of rotatable bonds is 6. The van der Waals surface area contributed by atoms with Gasteiger partial charge in [0.05, 0.1) is 22.6 Å². The van der Waals surface area contributed by atoms with Crippen LogP contribution in [-0.4, -0.2) is 26.3 Å². The summed E-state index contributed by atoms with van der Waals surface area (Å²) in [4.78, 5) is 10.4. The summed E-state index contributed by atoms with van der Waals surface area (Å²) in [5.41, 5.74) is 4.79. The molecule has 0 fully saturated rings. The number of allylic oxidation sites excluding steroid dienone is 2. The van der Waals surface area contributed by atoms with Crippen molar-refractivity contribution in [2.75, 3.05) is 11.9 Å². The Morgan fingerprint density at radius 3 is 2.53 bits per heavy atom. The summed E-state index contributed by atoms with van der Waals surface area (Å²) in [5.74, 6) is 0.548. The molecule has 0 saturated carbocycles. The van der Waals surface area contributed by atoms with E-state index in [9.17, 15) is 0 Å². The molecule has 4 aromatic rings. The maximum Gasteiger partial charge on any atom is 0.227 e. The standard InChI is InChI=1S/C25H21N6S/c1-18-23(22-14-16-27-25(29-22)28-19-9-4-2-5-10-19)24(32-21-13-8-15-26-17-21)30-31(18)20-11-6-3-7-12-20/h2-16H,17H2,1H3,(H,27,28,29)/q-1. The molecule has 1 N–H and O–H groups in total. The van der Waals surface area contributed by atoms with Crippen LogP contribution in [0, 0.1) is 6.92 Å². The summed E-state index contributed by atoms with van der Waals surface area (Å²) in [6.07, 6.45) is 7.64. The van der Waals surface area contributed by atoms with Crippen LogP contribution in [-0.2, 0) is 0 Å². The molecule has 0 atom stereocenters. The number of thioether (sulfide) groups is 1. The van der Waals surface area contributed by atoms with E-state index in [1.54, 1.807) is 18.0 Å². The van der Waals surface area contributed by atoms with E-state index in [-0.39, 0.29) is 0 Å². The van der Waals surface area contributed by atoms with Crippen LogP contribution in [0.25, 0.3) is 22.3 Å². The second kappa shape index (κ2) is 9.11. The van der Waals surface area contributed by atoms with Gasteiger partial charge in [0, 0.05) is 11.9 Å². The Morgan fingerprint density at radius 2 is 1.78 bits per heavy atom. The molecule has 0 unspecified atom stereocenters. The van der Waals surface area contributed by atoms with E-state index in [4.69, 9.17) is 10.1 Å². The molecular weight excluding hydrogens is 416 g/mol. The molecule has 0 saturated heterocycles. The summed E-state index contributed by atoms with van der Waals surface area (Å²) in [5, 5.41) is 13.5. The van der Waals surface area contributed by atoms with Gasteiger partial charge in [0.1, 0.15) is 5.03 Å². The van der Waals surface area contributed by atoms with E-state index in [2.05, 4.69) is 40.8 Å². The van der Waals surface area contributed by atoms with Crippen molar-refractivity contribution < 1.29 is 0 Å². The zero-order valence-electron chi connectivity index (χ0n) is 17.5. The van der Waals surface area contributed by atoms with Crippen LogP contribution in [0.5, 0.6) is 0 Å². The molecule has 3 heterocycles. The van der Waals surface area contributed by atoms with Crippen LogP contribution in [0.2, 0.25) is 0 Å². The molecule has 0 amide bonds. The first-order chi connectivity index (χ1) is 15.8. The number of aromatic nitrogens is 4. The highest BCUT2D eigenvalue weighted by Gasteiger charge is 2.20. The van der Waals surface area contributed by atoms with Crippen molar-refractivity contribution in [1.29, 1.82) is 0 Å². The Morgan fingerprint density at radius 1 is 1.00 bits per heavy atom. The van der Waals surface area contributed by atoms with Crippen molar-refractivity contribution in [3.63, 3.8) is 0 Å². The number of nitrogens with zero attached hydrogens (tertiary/aromatic N) is 5. The predicted octanol–water partition coefficient (Wildman–Crippen LogP) is 6.26. The third kappa shape index (κ3) is 4.29. The minimum absolute atomic E-state index is 0.548. The molecule has 0 radical (unpaired) electrons. The van der Waals surface area contributed by atoms with Gasteiger partial charge in [-0.25, -0.2) is 14.6 Å². The van der Waals surface area contributed by atoms with Gasteiger partial charge < -0.3 is 10.6 Å². The van der Waals surface area contributed by atoms with Crippen LogP contribution in [0.15, 0.2) is 101 Å². The van der Waals surface area contributed by atoms with Crippen LogP contribution in [0.4, 0.5) is 11.6 Å². The summed E-state index contributed by atoms with van der Waals surface area (Å²) in [6.45, 7) is 2.73. The van der Waals surface area contributed by atoms with Crippen LogP contribution < -0.4 is 5.32 Å². The Hall–Kier alpha value is -3.84. The summed E-state index contributed by atoms with van der Waals surface area (Å²) >= 11 is 1.63. The average molecular weight is 438 g/mol. The van der Waals surface area contributed by atoms with Crippen molar-refractivity contribution in [3.8, 4) is 16.9 Å². The molecule has 158 valence electrons. The SMILES string of the molecule is Cc1c(-c2ccnc(Nc3ccccc3)n2)c(SC2=CC=C[N-]C2)nn1-c1ccccc1. The molecule has 2 aromatic carbocycles. The van der Waals surface area contributed by atoms with Crippen molar-refractivity contribution in [1.82, 2.24) is 19.7 Å². The molecule has 7 heteroatoms. The fraction of sp³-hybridized carbons (Fsp3) is 0.0800. The van der Waals surface area contributed by atoms with E-state index >= 15 is 0 Å². The topological polar surface area (TPSA) is 69.7 Å². The number of hydrogen-bond donors (Lipinski definition) is 1. The third-order valence-electron chi connectivity index (χ3n) is 4.98. The third-order valence-corrected chi connectivity index (χ3v) is 5.98. The fourth-order valence-corrected chi connectivity index (χ4v) is 4.48. The lowest BCUT2D eigenvalue weighted by Gasteiger charge is -2.20. The smallest absolute Gasteiger partial charge is 0.227 e. The molecule has 1 aliphatic rings. The minimum Gasteiger partial charge on any atom is -0.687 e. The van der Waals surface area contributed by atoms with Gasteiger partial charge in [-0.05, 0) is 42.2 Å². The van der Waals surface area contributed by atoms with E-state index in [1.165, 1.54) is 0 Å². The highest BCUT2D eigenvalue weighted by molar-refractivity contribution is 8.03. The van der Waals surface area contributed by atoms with Gasteiger partial charge in [0.15, 0.2) is 0 Å². The molecule has 0 aliphatic carbocycles. The molecule has 5 rings (SSSR count). The van der Waals surface area contributed by atoms with Crippen LogP contribution in [0.1, 0.15) is 5.69 Å². The van der Waals surface area contributed by atoms with Crippen LogP contribution in [0.3, 0.4) is 0 Å². The van der Waals surface area contributed by atoms with Crippen molar-refractivity contribution in [2.45, 2.75) is 11.9 Å². The first-order valence-electron chi connectivity index (χ1n) is 10.3. The lowest BCUT2D eigenvalue weighted by molar-refractivity contribution is 0.814. The Balaban J connectivity index is 1.57. The first kappa shape index (κ1) is 20.1. The Bertz CT molecular complexity index is 1280. The number of benzene rings is 2. The Kier molecular flexibility index (Phi) is 5.72. The van der Waals surface area contributed by atoms with Crippen molar-refractivity contribution in [2.24, 2.45) is 0 Å². The lowest BCUT2D eigenvalue weighted by Crippen LogP contribution is -2.00. The molecule has 0 bridgehead atoms. The number of anilines is 2. The Labute approximate surface area is 191 Å². The van der Waals surface area contributed by atoms with Crippen LogP contribution >= 0.6 is 11.8 Å². The molecule has 1 aliphatic heterocycles. The fourth-order valence-electron chi connectivity index (χ4n) is 3.47. The van der Waals surface area contributed by atoms with Gasteiger partial charge in [0.25, 0.3) is 0 Å². The largest absolute Gasteiger partial charge is 0.687 e. The van der Waals surface area contributed by atoms with E-state index in [0.717, 1.165) is 38.3 Å². The maximum absolute atomic E-state index is 4.96.